The fourth-order valence-electron chi connectivity index (χ4n) is 2.95. The number of phenolic OH excluding ortho intramolecular Hbond substituents is 1. The molecule has 3 aromatic rings. The van der Waals surface area contributed by atoms with Gasteiger partial charge in [-0.3, -0.25) is 0 Å². The van der Waals surface area contributed by atoms with Crippen molar-refractivity contribution >= 4 is 16.9 Å². The molecule has 1 aromatic carbocycles. The minimum absolute atomic E-state index is 0.104. The summed E-state index contributed by atoms with van der Waals surface area (Å²) in [5.74, 6) is 1.33. The van der Waals surface area contributed by atoms with Gasteiger partial charge in [0.1, 0.15) is 17.1 Å². The fraction of sp³-hybridized carbons (Fsp3) is 0.421. The Morgan fingerprint density at radius 2 is 1.68 bits per heavy atom. The molecular formula is C19H24N4O2. The molecule has 0 saturated heterocycles. The van der Waals surface area contributed by atoms with E-state index in [2.05, 4.69) is 20.5 Å². The Bertz CT molecular complexity index is 812. The van der Waals surface area contributed by atoms with Crippen LogP contribution < -0.4 is 5.32 Å². The summed E-state index contributed by atoms with van der Waals surface area (Å²) in [6.07, 6.45) is 9.00. The van der Waals surface area contributed by atoms with Gasteiger partial charge in [0.25, 0.3) is 0 Å². The molecule has 0 bridgehead atoms. The predicted octanol–water partition coefficient (Wildman–Crippen LogP) is 4.68. The van der Waals surface area contributed by atoms with Crippen molar-refractivity contribution in [2.45, 2.75) is 45.4 Å². The lowest BCUT2D eigenvalue weighted by Gasteiger charge is -2.05. The summed E-state index contributed by atoms with van der Waals surface area (Å²) in [4.78, 5) is 4.16. The summed E-state index contributed by atoms with van der Waals surface area (Å²) in [7, 11) is 1.77. The van der Waals surface area contributed by atoms with Crippen LogP contribution in [-0.4, -0.2) is 27.3 Å². The summed E-state index contributed by atoms with van der Waals surface area (Å²) in [5, 5.41) is 21.0. The average molecular weight is 340 g/mol. The minimum Gasteiger partial charge on any atom is -0.507 e. The van der Waals surface area contributed by atoms with Gasteiger partial charge < -0.3 is 14.8 Å². The van der Waals surface area contributed by atoms with Gasteiger partial charge in [-0.1, -0.05) is 38.5 Å². The second kappa shape index (κ2) is 7.96. The van der Waals surface area contributed by atoms with Crippen LogP contribution in [0, 0.1) is 6.92 Å². The highest BCUT2D eigenvalue weighted by atomic mass is 16.3. The summed E-state index contributed by atoms with van der Waals surface area (Å²) >= 11 is 0. The van der Waals surface area contributed by atoms with Crippen LogP contribution in [0.5, 0.6) is 5.75 Å². The van der Waals surface area contributed by atoms with Crippen LogP contribution in [0.1, 0.15) is 44.4 Å². The van der Waals surface area contributed by atoms with Gasteiger partial charge in [-0.2, -0.15) is 0 Å². The molecule has 6 heteroatoms. The first-order valence-electron chi connectivity index (χ1n) is 8.79. The lowest BCUT2D eigenvalue weighted by molar-refractivity contribution is 0.477. The number of oxazole rings is 1. The van der Waals surface area contributed by atoms with Crippen LogP contribution in [0.25, 0.3) is 22.4 Å². The number of rotatable bonds is 2. The average Bonchev–Trinajstić information content (AvgIpc) is 3.02. The van der Waals surface area contributed by atoms with E-state index in [-0.39, 0.29) is 5.75 Å². The molecule has 2 N–H and O–H groups in total. The Balaban J connectivity index is 0.000000258. The highest BCUT2D eigenvalue weighted by Crippen LogP contribution is 2.32. The van der Waals surface area contributed by atoms with E-state index in [1.807, 2.05) is 0 Å². The maximum atomic E-state index is 10.0. The molecule has 0 spiro atoms. The summed E-state index contributed by atoms with van der Waals surface area (Å²) < 4.78 is 5.45. The van der Waals surface area contributed by atoms with Gasteiger partial charge >= 0.3 is 0 Å². The van der Waals surface area contributed by atoms with Crippen LogP contribution in [0.2, 0.25) is 0 Å². The standard InChI is InChI=1S/C13H12N4O2.C6H12/c1-7-15-10-6-11(18)8(5-12(10)19-7)9-3-4-13(14-2)17-16-9;1-2-4-6-5-3-1/h3-6,18H,1-2H3,(H,14,17);1-6H2. The Labute approximate surface area is 147 Å². The van der Waals surface area contributed by atoms with E-state index >= 15 is 0 Å². The quantitative estimate of drug-likeness (QED) is 0.704. The van der Waals surface area contributed by atoms with Gasteiger partial charge in [-0.05, 0) is 18.2 Å². The first-order valence-corrected chi connectivity index (χ1v) is 8.79. The number of hydrogen-bond acceptors (Lipinski definition) is 6. The zero-order chi connectivity index (χ0) is 17.6. The van der Waals surface area contributed by atoms with Crippen molar-refractivity contribution in [1.82, 2.24) is 15.2 Å². The second-order valence-corrected chi connectivity index (χ2v) is 6.25. The van der Waals surface area contributed by atoms with E-state index in [0.29, 0.717) is 34.1 Å². The van der Waals surface area contributed by atoms with Gasteiger partial charge in [-0.25, -0.2) is 4.98 Å². The lowest BCUT2D eigenvalue weighted by Crippen LogP contribution is -1.95. The molecule has 6 nitrogen and oxygen atoms in total. The van der Waals surface area contributed by atoms with Crippen molar-refractivity contribution in [2.24, 2.45) is 0 Å². The molecule has 0 unspecified atom stereocenters. The Morgan fingerprint density at radius 1 is 1.00 bits per heavy atom. The van der Waals surface area contributed by atoms with Gasteiger partial charge in [0.05, 0.1) is 5.69 Å². The van der Waals surface area contributed by atoms with Gasteiger partial charge in [0.2, 0.25) is 0 Å². The summed E-state index contributed by atoms with van der Waals surface area (Å²) in [6.45, 7) is 1.76. The first-order chi connectivity index (χ1) is 12.2. The topological polar surface area (TPSA) is 84.1 Å². The molecule has 1 aliphatic carbocycles. The molecule has 0 atom stereocenters. The number of benzene rings is 1. The number of nitrogens with one attached hydrogen (secondary N) is 1. The number of anilines is 1. The number of phenols is 1. The zero-order valence-electron chi connectivity index (χ0n) is 14.7. The predicted molar refractivity (Wildman–Crippen MR) is 98.7 cm³/mol. The number of aromatic nitrogens is 3. The molecule has 0 radical (unpaired) electrons. The molecule has 1 aliphatic rings. The third kappa shape index (κ3) is 4.26. The van der Waals surface area contributed by atoms with Crippen molar-refractivity contribution in [1.29, 1.82) is 0 Å². The Morgan fingerprint density at radius 3 is 2.24 bits per heavy atom. The third-order valence-corrected chi connectivity index (χ3v) is 4.31. The van der Waals surface area contributed by atoms with E-state index in [1.165, 1.54) is 38.5 Å². The largest absolute Gasteiger partial charge is 0.507 e. The molecule has 132 valence electrons. The van der Waals surface area contributed by atoms with E-state index in [1.54, 1.807) is 38.2 Å². The van der Waals surface area contributed by atoms with Crippen molar-refractivity contribution in [2.75, 3.05) is 12.4 Å². The maximum absolute atomic E-state index is 10.0. The van der Waals surface area contributed by atoms with E-state index < -0.39 is 0 Å². The monoisotopic (exact) mass is 340 g/mol. The van der Waals surface area contributed by atoms with E-state index in [4.69, 9.17) is 4.42 Å². The maximum Gasteiger partial charge on any atom is 0.192 e. The molecular weight excluding hydrogens is 316 g/mol. The van der Waals surface area contributed by atoms with Crippen LogP contribution in [0.15, 0.2) is 28.7 Å². The van der Waals surface area contributed by atoms with Gasteiger partial charge in [0, 0.05) is 25.6 Å². The number of fused-ring (bicyclic) bond motifs is 1. The normalized spacial score (nSPS) is 14.0. The van der Waals surface area contributed by atoms with Crippen molar-refractivity contribution in [3.05, 3.63) is 30.2 Å². The molecule has 0 amide bonds. The molecule has 0 aliphatic heterocycles. The van der Waals surface area contributed by atoms with Gasteiger partial charge in [0.15, 0.2) is 11.5 Å². The molecule has 1 saturated carbocycles. The van der Waals surface area contributed by atoms with Crippen LogP contribution in [0.3, 0.4) is 0 Å². The number of nitrogens with zero attached hydrogens (tertiary/aromatic N) is 3. The fourth-order valence-corrected chi connectivity index (χ4v) is 2.95. The molecule has 1 fully saturated rings. The number of hydrogen-bond donors (Lipinski definition) is 2. The van der Waals surface area contributed by atoms with E-state index in [0.717, 1.165) is 0 Å². The highest BCUT2D eigenvalue weighted by Gasteiger charge is 2.12. The van der Waals surface area contributed by atoms with E-state index in [9.17, 15) is 5.11 Å². The number of aryl methyl sites for hydroxylation is 1. The highest BCUT2D eigenvalue weighted by molar-refractivity contribution is 5.83. The van der Waals surface area contributed by atoms with Crippen LogP contribution >= 0.6 is 0 Å². The molecule has 2 aromatic heterocycles. The van der Waals surface area contributed by atoms with Crippen molar-refractivity contribution < 1.29 is 9.52 Å². The number of aromatic hydroxyl groups is 1. The SMILES string of the molecule is C1CCCCC1.CNc1ccc(-c2cc3oc(C)nc3cc2O)nn1. The smallest absolute Gasteiger partial charge is 0.192 e. The minimum atomic E-state index is 0.104. The van der Waals surface area contributed by atoms with Crippen LogP contribution in [-0.2, 0) is 0 Å². The zero-order valence-corrected chi connectivity index (χ0v) is 14.7. The van der Waals surface area contributed by atoms with Crippen LogP contribution in [0.4, 0.5) is 5.82 Å². The molecule has 4 rings (SSSR count). The summed E-state index contributed by atoms with van der Waals surface area (Å²) in [5.41, 5.74) is 2.38. The lowest BCUT2D eigenvalue weighted by atomic mass is 10.0. The molecule has 2 heterocycles. The van der Waals surface area contributed by atoms with Crippen molar-refractivity contribution in [3.63, 3.8) is 0 Å². The Hall–Kier alpha value is -2.63. The second-order valence-electron chi connectivity index (χ2n) is 6.25. The Kier molecular flexibility index (Phi) is 5.48. The summed E-state index contributed by atoms with van der Waals surface area (Å²) in [6, 6.07) is 6.85. The molecule has 25 heavy (non-hydrogen) atoms. The van der Waals surface area contributed by atoms with Gasteiger partial charge in [-0.15, -0.1) is 10.2 Å². The third-order valence-electron chi connectivity index (χ3n) is 4.31. The first kappa shape index (κ1) is 17.2. The van der Waals surface area contributed by atoms with Crippen molar-refractivity contribution in [3.8, 4) is 17.0 Å².